The number of fused-ring (bicyclic) bond motifs is 1. The molecular weight excluding hydrogens is 334 g/mol. The average Bonchev–Trinajstić information content (AvgIpc) is 2.67. The van der Waals surface area contributed by atoms with E-state index in [0.717, 1.165) is 24.3 Å². The van der Waals surface area contributed by atoms with Gasteiger partial charge in [-0.2, -0.15) is 0 Å². The molecular formula is C20H23NO5. The molecule has 6 nitrogen and oxygen atoms in total. The third kappa shape index (κ3) is 5.31. The number of rotatable bonds is 8. The normalized spacial score (nSPS) is 12.5. The fraction of sp³-hybridized carbons (Fsp3) is 0.350. The van der Waals surface area contributed by atoms with Crippen molar-refractivity contribution in [2.24, 2.45) is 0 Å². The lowest BCUT2D eigenvalue weighted by atomic mass is 10.1. The third-order valence-corrected chi connectivity index (χ3v) is 4.01. The monoisotopic (exact) mass is 357 g/mol. The quantitative estimate of drug-likeness (QED) is 0.711. The van der Waals surface area contributed by atoms with E-state index < -0.39 is 0 Å². The van der Waals surface area contributed by atoms with Gasteiger partial charge in [-0.25, -0.2) is 0 Å². The van der Waals surface area contributed by atoms with Gasteiger partial charge < -0.3 is 24.6 Å². The highest BCUT2D eigenvalue weighted by atomic mass is 16.6. The second-order valence-corrected chi connectivity index (χ2v) is 6.02. The number of carbonyl (C=O) groups excluding carboxylic acids is 1. The molecule has 2 aromatic rings. The Balaban J connectivity index is 1.30. The number of carbonyl (C=O) groups is 1. The van der Waals surface area contributed by atoms with Crippen molar-refractivity contribution in [3.63, 3.8) is 0 Å². The van der Waals surface area contributed by atoms with E-state index in [1.54, 1.807) is 24.3 Å². The van der Waals surface area contributed by atoms with E-state index in [-0.39, 0.29) is 11.7 Å². The molecule has 1 aliphatic rings. The highest BCUT2D eigenvalue weighted by molar-refractivity contribution is 5.75. The van der Waals surface area contributed by atoms with Crippen molar-refractivity contribution in [3.8, 4) is 23.0 Å². The maximum absolute atomic E-state index is 11.8. The van der Waals surface area contributed by atoms with Gasteiger partial charge in [-0.05, 0) is 54.8 Å². The minimum absolute atomic E-state index is 0.0362. The number of amides is 1. The van der Waals surface area contributed by atoms with Crippen LogP contribution in [0.25, 0.3) is 0 Å². The molecule has 138 valence electrons. The van der Waals surface area contributed by atoms with Crippen molar-refractivity contribution >= 4 is 5.91 Å². The second-order valence-electron chi connectivity index (χ2n) is 6.02. The topological polar surface area (TPSA) is 77.0 Å². The van der Waals surface area contributed by atoms with Crippen molar-refractivity contribution in [2.45, 2.75) is 19.3 Å². The molecule has 1 heterocycles. The maximum atomic E-state index is 11.8. The molecule has 0 saturated carbocycles. The van der Waals surface area contributed by atoms with Crippen LogP contribution in [0.15, 0.2) is 42.5 Å². The first-order valence-electron chi connectivity index (χ1n) is 8.78. The Labute approximate surface area is 152 Å². The zero-order valence-corrected chi connectivity index (χ0v) is 14.6. The highest BCUT2D eigenvalue weighted by Crippen LogP contribution is 2.31. The molecule has 0 radical (unpaired) electrons. The molecule has 1 amide bonds. The fourth-order valence-corrected chi connectivity index (χ4v) is 2.66. The van der Waals surface area contributed by atoms with Gasteiger partial charge in [0.15, 0.2) is 11.5 Å². The molecule has 1 aliphatic heterocycles. The summed E-state index contributed by atoms with van der Waals surface area (Å²) in [6.07, 6.45) is 2.01. The van der Waals surface area contributed by atoms with E-state index in [1.807, 2.05) is 18.2 Å². The van der Waals surface area contributed by atoms with Crippen molar-refractivity contribution < 1.29 is 24.1 Å². The lowest BCUT2D eigenvalue weighted by Crippen LogP contribution is -2.26. The van der Waals surface area contributed by atoms with E-state index in [4.69, 9.17) is 14.2 Å². The first-order valence-corrected chi connectivity index (χ1v) is 8.78. The SMILES string of the molecule is O=C(CCOc1ccc(O)cc1)NCCCc1ccc2c(c1)OCCO2. The van der Waals surface area contributed by atoms with E-state index in [2.05, 4.69) is 5.32 Å². The predicted molar refractivity (Wildman–Crippen MR) is 97.0 cm³/mol. The van der Waals surface area contributed by atoms with Crippen LogP contribution in [-0.4, -0.2) is 37.4 Å². The summed E-state index contributed by atoms with van der Waals surface area (Å²) in [7, 11) is 0. The van der Waals surface area contributed by atoms with Crippen LogP contribution >= 0.6 is 0 Å². The first-order chi connectivity index (χ1) is 12.7. The molecule has 0 unspecified atom stereocenters. The summed E-state index contributed by atoms with van der Waals surface area (Å²) in [4.78, 5) is 11.8. The standard InChI is InChI=1S/C20H23NO5/c22-16-4-6-17(7-5-16)24-11-9-20(23)21-10-1-2-15-3-8-18-19(14-15)26-13-12-25-18/h3-8,14,22H,1-2,9-13H2,(H,21,23). The number of hydrogen-bond acceptors (Lipinski definition) is 5. The van der Waals surface area contributed by atoms with Gasteiger partial charge >= 0.3 is 0 Å². The number of hydrogen-bond donors (Lipinski definition) is 2. The van der Waals surface area contributed by atoms with Gasteiger partial charge in [0.25, 0.3) is 0 Å². The molecule has 0 bridgehead atoms. The molecule has 2 N–H and O–H groups in total. The summed E-state index contributed by atoms with van der Waals surface area (Å²) in [5, 5.41) is 12.1. The number of phenols is 1. The predicted octanol–water partition coefficient (Wildman–Crippen LogP) is 2.68. The van der Waals surface area contributed by atoms with Gasteiger partial charge in [-0.15, -0.1) is 0 Å². The van der Waals surface area contributed by atoms with Crippen molar-refractivity contribution in [1.82, 2.24) is 5.32 Å². The van der Waals surface area contributed by atoms with Crippen LogP contribution in [0.3, 0.4) is 0 Å². The molecule has 0 fully saturated rings. The number of phenolic OH excluding ortho intramolecular Hbond substituents is 1. The van der Waals surface area contributed by atoms with Crippen LogP contribution in [0, 0.1) is 0 Å². The first kappa shape index (κ1) is 17.9. The van der Waals surface area contributed by atoms with Gasteiger partial charge in [0.2, 0.25) is 5.91 Å². The summed E-state index contributed by atoms with van der Waals surface area (Å²) in [6.45, 7) is 2.10. The largest absolute Gasteiger partial charge is 0.508 e. The number of ether oxygens (including phenoxy) is 3. The fourth-order valence-electron chi connectivity index (χ4n) is 2.66. The summed E-state index contributed by atoms with van der Waals surface area (Å²) in [5.74, 6) is 2.37. The van der Waals surface area contributed by atoms with E-state index in [9.17, 15) is 9.90 Å². The van der Waals surface area contributed by atoms with Crippen molar-refractivity contribution in [2.75, 3.05) is 26.4 Å². The molecule has 6 heteroatoms. The molecule has 0 saturated heterocycles. The van der Waals surface area contributed by atoms with Gasteiger partial charge in [-0.1, -0.05) is 6.07 Å². The Hall–Kier alpha value is -2.89. The average molecular weight is 357 g/mol. The van der Waals surface area contributed by atoms with Crippen LogP contribution in [0.4, 0.5) is 0 Å². The highest BCUT2D eigenvalue weighted by Gasteiger charge is 2.11. The van der Waals surface area contributed by atoms with Gasteiger partial charge in [0.05, 0.1) is 13.0 Å². The summed E-state index contributed by atoms with van der Waals surface area (Å²) in [5.41, 5.74) is 1.17. The zero-order valence-electron chi connectivity index (χ0n) is 14.6. The third-order valence-electron chi connectivity index (χ3n) is 4.01. The number of aromatic hydroxyl groups is 1. The molecule has 0 aliphatic carbocycles. The van der Waals surface area contributed by atoms with Crippen LogP contribution in [0.1, 0.15) is 18.4 Å². The lowest BCUT2D eigenvalue weighted by Gasteiger charge is -2.18. The van der Waals surface area contributed by atoms with Crippen molar-refractivity contribution in [1.29, 1.82) is 0 Å². The number of benzene rings is 2. The summed E-state index contributed by atoms with van der Waals surface area (Å²) in [6, 6.07) is 12.4. The number of aryl methyl sites for hydroxylation is 1. The van der Waals surface area contributed by atoms with Crippen LogP contribution < -0.4 is 19.5 Å². The van der Waals surface area contributed by atoms with E-state index in [1.165, 1.54) is 5.56 Å². The summed E-state index contributed by atoms with van der Waals surface area (Å²) >= 11 is 0. The molecule has 0 aromatic heterocycles. The Kier molecular flexibility index (Phi) is 6.19. The van der Waals surface area contributed by atoms with Gasteiger partial charge in [0, 0.05) is 6.54 Å². The molecule has 26 heavy (non-hydrogen) atoms. The maximum Gasteiger partial charge on any atom is 0.223 e. The van der Waals surface area contributed by atoms with Crippen LogP contribution in [-0.2, 0) is 11.2 Å². The van der Waals surface area contributed by atoms with Crippen molar-refractivity contribution in [3.05, 3.63) is 48.0 Å². The molecule has 0 spiro atoms. The van der Waals surface area contributed by atoms with Crippen LogP contribution in [0.2, 0.25) is 0 Å². The Bertz CT molecular complexity index is 729. The molecule has 3 rings (SSSR count). The zero-order chi connectivity index (χ0) is 18.2. The van der Waals surface area contributed by atoms with Crippen LogP contribution in [0.5, 0.6) is 23.0 Å². The minimum Gasteiger partial charge on any atom is -0.508 e. The molecule has 2 aromatic carbocycles. The number of nitrogens with one attached hydrogen (secondary N) is 1. The van der Waals surface area contributed by atoms with E-state index >= 15 is 0 Å². The molecule has 0 atom stereocenters. The minimum atomic E-state index is -0.0362. The second kappa shape index (κ2) is 8.99. The van der Waals surface area contributed by atoms with E-state index in [0.29, 0.717) is 38.5 Å². The Morgan fingerprint density at radius 3 is 2.65 bits per heavy atom. The lowest BCUT2D eigenvalue weighted by molar-refractivity contribution is -0.121. The summed E-state index contributed by atoms with van der Waals surface area (Å²) < 4.78 is 16.5. The Morgan fingerprint density at radius 1 is 1.08 bits per heavy atom. The smallest absolute Gasteiger partial charge is 0.223 e. The van der Waals surface area contributed by atoms with Gasteiger partial charge in [-0.3, -0.25) is 4.79 Å². The Morgan fingerprint density at radius 2 is 1.85 bits per heavy atom. The van der Waals surface area contributed by atoms with Gasteiger partial charge in [0.1, 0.15) is 24.7 Å².